The predicted octanol–water partition coefficient (Wildman–Crippen LogP) is 4.31. The van der Waals surface area contributed by atoms with Crippen LogP contribution in [0.15, 0.2) is 49.1 Å². The van der Waals surface area contributed by atoms with Crippen LogP contribution in [0, 0.1) is 0 Å². The highest BCUT2D eigenvalue weighted by atomic mass is 35.5. The van der Waals surface area contributed by atoms with Gasteiger partial charge in [-0.1, -0.05) is 29.3 Å². The third-order valence-electron chi connectivity index (χ3n) is 4.02. The molecule has 8 heteroatoms. The highest BCUT2D eigenvalue weighted by molar-refractivity contribution is 6.35. The van der Waals surface area contributed by atoms with Gasteiger partial charge < -0.3 is 19.7 Å². The quantitative estimate of drug-likeness (QED) is 0.706. The minimum absolute atomic E-state index is 0.141. The van der Waals surface area contributed by atoms with Gasteiger partial charge >= 0.3 is 0 Å². The van der Waals surface area contributed by atoms with Gasteiger partial charge in [0.25, 0.3) is 11.8 Å². The van der Waals surface area contributed by atoms with Crippen LogP contribution in [0.5, 0.6) is 11.5 Å². The number of halogens is 2. The molecular formula is C20H18Cl2N2O4. The highest BCUT2D eigenvalue weighted by Crippen LogP contribution is 2.36. The fourth-order valence-corrected chi connectivity index (χ4v) is 3.20. The molecule has 1 aliphatic heterocycles. The van der Waals surface area contributed by atoms with Gasteiger partial charge in [0.2, 0.25) is 0 Å². The lowest BCUT2D eigenvalue weighted by atomic mass is 10.1. The van der Waals surface area contributed by atoms with Gasteiger partial charge in [-0.05, 0) is 37.3 Å². The summed E-state index contributed by atoms with van der Waals surface area (Å²) in [4.78, 5) is 26.0. The van der Waals surface area contributed by atoms with Gasteiger partial charge in [0.1, 0.15) is 11.5 Å². The minimum atomic E-state index is -0.617. The average Bonchev–Trinajstić information content (AvgIpc) is 2.64. The highest BCUT2D eigenvalue weighted by Gasteiger charge is 2.30. The molecule has 1 unspecified atom stereocenters. The number of nitrogens with one attached hydrogen (secondary N) is 1. The molecule has 2 aromatic carbocycles. The van der Waals surface area contributed by atoms with E-state index < -0.39 is 6.10 Å². The van der Waals surface area contributed by atoms with Crippen molar-refractivity contribution >= 4 is 46.4 Å². The first-order valence-corrected chi connectivity index (χ1v) is 9.25. The van der Waals surface area contributed by atoms with E-state index in [2.05, 4.69) is 11.9 Å². The van der Waals surface area contributed by atoms with Crippen molar-refractivity contribution < 1.29 is 19.1 Å². The van der Waals surface area contributed by atoms with Gasteiger partial charge in [-0.25, -0.2) is 0 Å². The van der Waals surface area contributed by atoms with Gasteiger partial charge in [0.05, 0.1) is 10.7 Å². The van der Waals surface area contributed by atoms with Gasteiger partial charge in [-0.2, -0.15) is 0 Å². The monoisotopic (exact) mass is 420 g/mol. The number of hydrogen-bond donors (Lipinski definition) is 1. The number of carbonyl (C=O) groups excluding carboxylic acids is 2. The minimum Gasteiger partial charge on any atom is -0.482 e. The van der Waals surface area contributed by atoms with Crippen molar-refractivity contribution in [2.24, 2.45) is 0 Å². The summed E-state index contributed by atoms with van der Waals surface area (Å²) < 4.78 is 11.1. The van der Waals surface area contributed by atoms with Crippen LogP contribution in [-0.4, -0.2) is 31.1 Å². The number of anilines is 2. The molecule has 146 valence electrons. The second kappa shape index (κ2) is 8.54. The zero-order valence-corrected chi connectivity index (χ0v) is 16.6. The van der Waals surface area contributed by atoms with Gasteiger partial charge in [0.15, 0.2) is 12.7 Å². The molecule has 1 aliphatic rings. The van der Waals surface area contributed by atoms with Crippen LogP contribution in [0.25, 0.3) is 0 Å². The molecule has 6 nitrogen and oxygen atoms in total. The van der Waals surface area contributed by atoms with Crippen molar-refractivity contribution in [3.05, 3.63) is 59.1 Å². The van der Waals surface area contributed by atoms with E-state index in [1.165, 1.54) is 6.07 Å². The molecule has 1 N–H and O–H groups in total. The molecule has 0 aliphatic carbocycles. The van der Waals surface area contributed by atoms with Crippen molar-refractivity contribution in [2.75, 3.05) is 23.4 Å². The molecule has 0 bridgehead atoms. The molecule has 1 heterocycles. The normalized spacial score (nSPS) is 15.5. The van der Waals surface area contributed by atoms with Gasteiger partial charge in [0, 0.05) is 23.3 Å². The van der Waals surface area contributed by atoms with Crippen LogP contribution in [0.2, 0.25) is 10.0 Å². The maximum Gasteiger partial charge on any atom is 0.268 e. The molecular weight excluding hydrogens is 403 g/mol. The summed E-state index contributed by atoms with van der Waals surface area (Å²) in [6.45, 7) is 5.51. The fourth-order valence-electron chi connectivity index (χ4n) is 2.74. The Morgan fingerprint density at radius 2 is 2.11 bits per heavy atom. The number of amides is 2. The van der Waals surface area contributed by atoms with Crippen molar-refractivity contribution in [2.45, 2.75) is 13.0 Å². The van der Waals surface area contributed by atoms with E-state index in [-0.39, 0.29) is 18.4 Å². The Morgan fingerprint density at radius 1 is 1.32 bits per heavy atom. The molecule has 0 spiro atoms. The average molecular weight is 421 g/mol. The lowest BCUT2D eigenvalue weighted by Crippen LogP contribution is -2.44. The number of nitrogens with zero attached hydrogens (tertiary/aromatic N) is 1. The Labute approximate surface area is 172 Å². The maximum atomic E-state index is 12.3. The van der Waals surface area contributed by atoms with Crippen LogP contribution in [-0.2, 0) is 9.59 Å². The second-order valence-corrected chi connectivity index (χ2v) is 6.94. The summed E-state index contributed by atoms with van der Waals surface area (Å²) in [6, 6.07) is 9.83. The summed E-state index contributed by atoms with van der Waals surface area (Å²) >= 11 is 11.9. The molecule has 0 fully saturated rings. The van der Waals surface area contributed by atoms with Crippen LogP contribution in [0.3, 0.4) is 0 Å². The van der Waals surface area contributed by atoms with Crippen molar-refractivity contribution in [1.29, 1.82) is 0 Å². The standard InChI is InChI=1S/C20H18Cl2N2O4/c1-3-8-24-16-6-5-14(10-18(16)28-12(2)20(24)26)23-19(25)11-27-17-7-4-13(21)9-15(17)22/h3-7,9-10,12H,1,8,11H2,2H3,(H,23,25). The number of hydrogen-bond acceptors (Lipinski definition) is 4. The lowest BCUT2D eigenvalue weighted by molar-refractivity contribution is -0.125. The smallest absolute Gasteiger partial charge is 0.268 e. The first kappa shape index (κ1) is 20.0. The van der Waals surface area contributed by atoms with E-state index in [1.54, 1.807) is 48.2 Å². The Hall–Kier alpha value is -2.70. The van der Waals surface area contributed by atoms with Crippen molar-refractivity contribution in [3.63, 3.8) is 0 Å². The Balaban J connectivity index is 1.68. The number of ether oxygens (including phenoxy) is 2. The van der Waals surface area contributed by atoms with Crippen molar-refractivity contribution in [3.8, 4) is 11.5 Å². The molecule has 2 amide bonds. The summed E-state index contributed by atoms with van der Waals surface area (Å²) in [7, 11) is 0. The van der Waals surface area contributed by atoms with Crippen LogP contribution in [0.4, 0.5) is 11.4 Å². The molecule has 0 saturated carbocycles. The largest absolute Gasteiger partial charge is 0.482 e. The Kier molecular flexibility index (Phi) is 6.11. The van der Waals surface area contributed by atoms with Gasteiger partial charge in [-0.3, -0.25) is 9.59 Å². The zero-order chi connectivity index (χ0) is 20.3. The van der Waals surface area contributed by atoms with E-state index in [1.807, 2.05) is 0 Å². The summed E-state index contributed by atoms with van der Waals surface area (Å²) in [6.07, 6.45) is 1.03. The zero-order valence-electron chi connectivity index (χ0n) is 15.1. The number of carbonyl (C=O) groups is 2. The molecule has 1 atom stereocenters. The van der Waals surface area contributed by atoms with Crippen LogP contribution < -0.4 is 19.7 Å². The Bertz CT molecular complexity index is 932. The van der Waals surface area contributed by atoms with E-state index in [9.17, 15) is 9.59 Å². The third kappa shape index (κ3) is 4.40. The summed E-state index contributed by atoms with van der Waals surface area (Å²) in [5.74, 6) is 0.363. The molecule has 0 saturated heterocycles. The fraction of sp³-hybridized carbons (Fsp3) is 0.200. The van der Waals surface area contributed by atoms with E-state index >= 15 is 0 Å². The number of benzene rings is 2. The first-order chi connectivity index (χ1) is 13.4. The van der Waals surface area contributed by atoms with Crippen LogP contribution >= 0.6 is 23.2 Å². The lowest BCUT2D eigenvalue weighted by Gasteiger charge is -2.32. The topological polar surface area (TPSA) is 67.9 Å². The van der Waals surface area contributed by atoms with E-state index in [4.69, 9.17) is 32.7 Å². The number of rotatable bonds is 6. The SMILES string of the molecule is C=CCN1C(=O)C(C)Oc2cc(NC(=O)COc3ccc(Cl)cc3Cl)ccc21. The predicted molar refractivity (Wildman–Crippen MR) is 110 cm³/mol. The van der Waals surface area contributed by atoms with Crippen molar-refractivity contribution in [1.82, 2.24) is 0 Å². The Morgan fingerprint density at radius 3 is 2.82 bits per heavy atom. The van der Waals surface area contributed by atoms with Gasteiger partial charge in [-0.15, -0.1) is 6.58 Å². The first-order valence-electron chi connectivity index (χ1n) is 8.49. The molecule has 0 aromatic heterocycles. The molecule has 3 rings (SSSR count). The second-order valence-electron chi connectivity index (χ2n) is 6.09. The van der Waals surface area contributed by atoms with E-state index in [0.717, 1.165) is 0 Å². The molecule has 0 radical (unpaired) electrons. The number of fused-ring (bicyclic) bond motifs is 1. The third-order valence-corrected chi connectivity index (χ3v) is 4.55. The summed E-state index contributed by atoms with van der Waals surface area (Å²) in [5.41, 5.74) is 1.15. The van der Waals surface area contributed by atoms with E-state index in [0.29, 0.717) is 39.5 Å². The maximum absolute atomic E-state index is 12.3. The molecule has 2 aromatic rings. The molecule has 28 heavy (non-hydrogen) atoms. The summed E-state index contributed by atoms with van der Waals surface area (Å²) in [5, 5.41) is 3.53. The van der Waals surface area contributed by atoms with Crippen LogP contribution in [0.1, 0.15) is 6.92 Å².